The van der Waals surface area contributed by atoms with Gasteiger partial charge >= 0.3 is 11.9 Å². The number of aromatic hydroxyl groups is 2. The van der Waals surface area contributed by atoms with Crippen LogP contribution < -0.4 is 0 Å². The molecule has 0 aromatic heterocycles. The minimum atomic E-state index is -0.725. The highest BCUT2D eigenvalue weighted by molar-refractivity contribution is 5.92. The van der Waals surface area contributed by atoms with Gasteiger partial charge in [-0.1, -0.05) is 12.1 Å². The lowest BCUT2D eigenvalue weighted by Gasteiger charge is -2.34. The summed E-state index contributed by atoms with van der Waals surface area (Å²) >= 11 is 0. The molecule has 1 aliphatic heterocycles. The molecule has 2 aromatic rings. The van der Waals surface area contributed by atoms with Gasteiger partial charge in [0.15, 0.2) is 13.2 Å². The summed E-state index contributed by atoms with van der Waals surface area (Å²) in [5, 5.41) is 18.8. The Morgan fingerprint density at radius 2 is 1.06 bits per heavy atom. The van der Waals surface area contributed by atoms with E-state index < -0.39 is 37.0 Å². The average Bonchev–Trinajstić information content (AvgIpc) is 2.80. The van der Waals surface area contributed by atoms with Crippen molar-refractivity contribution >= 4 is 23.8 Å². The fourth-order valence-electron chi connectivity index (χ4n) is 3.07. The number of piperazine rings is 1. The maximum Gasteiger partial charge on any atom is 0.338 e. The van der Waals surface area contributed by atoms with Crippen molar-refractivity contribution in [2.75, 3.05) is 39.4 Å². The van der Waals surface area contributed by atoms with Gasteiger partial charge in [0, 0.05) is 26.2 Å². The van der Waals surface area contributed by atoms with Crippen LogP contribution in [0.1, 0.15) is 20.7 Å². The first-order valence-corrected chi connectivity index (χ1v) is 9.81. The first-order valence-electron chi connectivity index (χ1n) is 9.81. The summed E-state index contributed by atoms with van der Waals surface area (Å²) < 4.78 is 9.98. The number of hydrogen-bond acceptors (Lipinski definition) is 8. The van der Waals surface area contributed by atoms with Crippen molar-refractivity contribution < 1.29 is 38.9 Å². The van der Waals surface area contributed by atoms with E-state index in [-0.39, 0.29) is 48.8 Å². The lowest BCUT2D eigenvalue weighted by atomic mass is 10.2. The number of esters is 2. The van der Waals surface area contributed by atoms with Gasteiger partial charge in [0.2, 0.25) is 0 Å². The lowest BCUT2D eigenvalue weighted by Crippen LogP contribution is -2.52. The molecule has 0 saturated carbocycles. The number of carbonyl (C=O) groups excluding carboxylic acids is 4. The highest BCUT2D eigenvalue weighted by Gasteiger charge is 2.25. The molecule has 3 rings (SSSR count). The van der Waals surface area contributed by atoms with Crippen LogP contribution in [0.25, 0.3) is 0 Å². The van der Waals surface area contributed by atoms with Crippen LogP contribution >= 0.6 is 0 Å². The van der Waals surface area contributed by atoms with Crippen LogP contribution in [0.15, 0.2) is 48.5 Å². The third-order valence-corrected chi connectivity index (χ3v) is 4.80. The number of amides is 2. The Hall–Kier alpha value is -4.08. The van der Waals surface area contributed by atoms with Crippen LogP contribution in [-0.2, 0) is 19.1 Å². The largest absolute Gasteiger partial charge is 0.508 e. The first-order chi connectivity index (χ1) is 15.3. The molecule has 2 aromatic carbocycles. The zero-order chi connectivity index (χ0) is 23.1. The molecule has 0 unspecified atom stereocenters. The smallest absolute Gasteiger partial charge is 0.338 e. The average molecular weight is 442 g/mol. The molecule has 1 fully saturated rings. The van der Waals surface area contributed by atoms with Crippen molar-refractivity contribution in [1.82, 2.24) is 9.80 Å². The van der Waals surface area contributed by atoms with E-state index in [0.717, 1.165) is 0 Å². The molecular formula is C22H22N2O8. The van der Waals surface area contributed by atoms with Crippen LogP contribution in [0.5, 0.6) is 11.5 Å². The number of hydrogen-bond donors (Lipinski definition) is 2. The number of benzene rings is 2. The van der Waals surface area contributed by atoms with Gasteiger partial charge < -0.3 is 29.5 Å². The fraction of sp³-hybridized carbons (Fsp3) is 0.273. The molecule has 1 heterocycles. The zero-order valence-electron chi connectivity index (χ0n) is 17.1. The molecule has 32 heavy (non-hydrogen) atoms. The van der Waals surface area contributed by atoms with Crippen LogP contribution in [0.2, 0.25) is 0 Å². The number of nitrogens with zero attached hydrogens (tertiary/aromatic N) is 2. The second kappa shape index (κ2) is 10.3. The minimum absolute atomic E-state index is 0.0841. The summed E-state index contributed by atoms with van der Waals surface area (Å²) in [7, 11) is 0. The minimum Gasteiger partial charge on any atom is -0.508 e. The SMILES string of the molecule is O=C(OCC(=O)N1CCN(C(=O)COC(=O)c2cccc(O)c2)CC1)c1cccc(O)c1. The van der Waals surface area contributed by atoms with E-state index in [1.54, 1.807) is 0 Å². The number of phenols is 2. The van der Waals surface area contributed by atoms with Gasteiger partial charge in [-0.25, -0.2) is 9.59 Å². The second-order valence-electron chi connectivity index (χ2n) is 7.01. The quantitative estimate of drug-likeness (QED) is 0.627. The van der Waals surface area contributed by atoms with E-state index in [9.17, 15) is 29.4 Å². The Morgan fingerprint density at radius 3 is 1.41 bits per heavy atom. The number of phenolic OH excluding ortho intramolecular Hbond substituents is 2. The highest BCUT2D eigenvalue weighted by Crippen LogP contribution is 2.13. The maximum atomic E-state index is 12.3. The van der Waals surface area contributed by atoms with Gasteiger partial charge in [0.25, 0.3) is 11.8 Å². The van der Waals surface area contributed by atoms with Crippen molar-refractivity contribution in [3.05, 3.63) is 59.7 Å². The Labute approximate surface area is 183 Å². The molecule has 2 N–H and O–H groups in total. The van der Waals surface area contributed by atoms with Gasteiger partial charge in [-0.2, -0.15) is 0 Å². The van der Waals surface area contributed by atoms with Crippen LogP contribution in [0.4, 0.5) is 0 Å². The summed E-state index contributed by atoms with van der Waals surface area (Å²) in [5.41, 5.74) is 0.266. The number of ether oxygens (including phenoxy) is 2. The molecule has 1 saturated heterocycles. The summed E-state index contributed by atoms with van der Waals surface area (Å²) in [6.07, 6.45) is 0. The molecule has 0 atom stereocenters. The maximum absolute atomic E-state index is 12.3. The van der Waals surface area contributed by atoms with Crippen molar-refractivity contribution in [1.29, 1.82) is 0 Å². The predicted octanol–water partition coefficient (Wildman–Crippen LogP) is 0.782. The molecule has 10 heteroatoms. The fourth-order valence-corrected chi connectivity index (χ4v) is 3.07. The standard InChI is InChI=1S/C22H22N2O8/c25-17-5-1-3-15(11-17)21(29)31-13-19(27)23-7-9-24(10-8-23)20(28)14-32-22(30)16-4-2-6-18(26)12-16/h1-6,11-12,25-26H,7-10,13-14H2. The monoisotopic (exact) mass is 442 g/mol. The molecular weight excluding hydrogens is 420 g/mol. The molecule has 0 bridgehead atoms. The third-order valence-electron chi connectivity index (χ3n) is 4.80. The van der Waals surface area contributed by atoms with Crippen LogP contribution in [0, 0.1) is 0 Å². The van der Waals surface area contributed by atoms with Crippen molar-refractivity contribution in [3.63, 3.8) is 0 Å². The molecule has 1 aliphatic rings. The van der Waals surface area contributed by atoms with E-state index in [1.807, 2.05) is 0 Å². The van der Waals surface area contributed by atoms with Gasteiger partial charge in [-0.3, -0.25) is 9.59 Å². The first kappa shape index (κ1) is 22.6. The zero-order valence-corrected chi connectivity index (χ0v) is 17.1. The summed E-state index contributed by atoms with van der Waals surface area (Å²) in [4.78, 5) is 51.4. The molecule has 0 radical (unpaired) electrons. The Morgan fingerprint density at radius 1 is 0.688 bits per heavy atom. The van der Waals surface area contributed by atoms with E-state index in [2.05, 4.69) is 0 Å². The van der Waals surface area contributed by atoms with E-state index in [0.29, 0.717) is 0 Å². The van der Waals surface area contributed by atoms with Gasteiger partial charge in [0.1, 0.15) is 11.5 Å². The topological polar surface area (TPSA) is 134 Å². The molecule has 0 spiro atoms. The van der Waals surface area contributed by atoms with Crippen LogP contribution in [-0.4, -0.2) is 83.2 Å². The molecule has 168 valence electrons. The highest BCUT2D eigenvalue weighted by atomic mass is 16.5. The summed E-state index contributed by atoms with van der Waals surface area (Å²) in [6, 6.07) is 11.2. The van der Waals surface area contributed by atoms with Crippen molar-refractivity contribution in [3.8, 4) is 11.5 Å². The lowest BCUT2D eigenvalue weighted by molar-refractivity contribution is -0.142. The normalized spacial score (nSPS) is 13.4. The predicted molar refractivity (Wildman–Crippen MR) is 110 cm³/mol. The molecule has 10 nitrogen and oxygen atoms in total. The Balaban J connectivity index is 1.40. The van der Waals surface area contributed by atoms with Crippen LogP contribution in [0.3, 0.4) is 0 Å². The number of rotatable bonds is 6. The van der Waals surface area contributed by atoms with E-state index in [1.165, 1.54) is 58.3 Å². The molecule has 0 aliphatic carbocycles. The van der Waals surface area contributed by atoms with Gasteiger partial charge in [0.05, 0.1) is 11.1 Å². The Bertz CT molecular complexity index is 933. The summed E-state index contributed by atoms with van der Waals surface area (Å²) in [6.45, 7) is 0.0704. The van der Waals surface area contributed by atoms with Gasteiger partial charge in [-0.15, -0.1) is 0 Å². The van der Waals surface area contributed by atoms with Crippen molar-refractivity contribution in [2.24, 2.45) is 0 Å². The van der Waals surface area contributed by atoms with Crippen molar-refractivity contribution in [2.45, 2.75) is 0 Å². The third kappa shape index (κ3) is 5.97. The molecule has 2 amide bonds. The number of carbonyl (C=O) groups is 4. The van der Waals surface area contributed by atoms with E-state index >= 15 is 0 Å². The van der Waals surface area contributed by atoms with E-state index in [4.69, 9.17) is 9.47 Å². The second-order valence-corrected chi connectivity index (χ2v) is 7.01. The van der Waals surface area contributed by atoms with Gasteiger partial charge in [-0.05, 0) is 36.4 Å². The summed E-state index contributed by atoms with van der Waals surface area (Å²) in [5.74, 6) is -2.42. The Kier molecular flexibility index (Phi) is 7.27.